The van der Waals surface area contributed by atoms with Crippen molar-refractivity contribution in [2.24, 2.45) is 0 Å². The first-order chi connectivity index (χ1) is 6.20. The summed E-state index contributed by atoms with van der Waals surface area (Å²) in [6.07, 6.45) is 1.97. The van der Waals surface area contributed by atoms with Gasteiger partial charge in [-0.2, -0.15) is 0 Å². The molecule has 0 rings (SSSR count). The van der Waals surface area contributed by atoms with Gasteiger partial charge >= 0.3 is 5.97 Å². The molecular weight excluding hydrogens is 168 g/mol. The molecule has 0 saturated heterocycles. The molecule has 0 aliphatic heterocycles. The molecule has 0 unspecified atom stereocenters. The summed E-state index contributed by atoms with van der Waals surface area (Å²) in [5.41, 5.74) is 1.14. The number of hydrogen-bond donors (Lipinski definition) is 0. The topological polar surface area (TPSA) is 35.5 Å². The van der Waals surface area contributed by atoms with Crippen LogP contribution in [0.15, 0.2) is 11.6 Å². The Morgan fingerprint density at radius 1 is 1.54 bits per heavy atom. The van der Waals surface area contributed by atoms with Crippen LogP contribution < -0.4 is 0 Å². The summed E-state index contributed by atoms with van der Waals surface area (Å²) in [5, 5.41) is 0. The van der Waals surface area contributed by atoms with Gasteiger partial charge in [0, 0.05) is 5.92 Å². The molecule has 0 bridgehead atoms. The van der Waals surface area contributed by atoms with Crippen molar-refractivity contribution in [1.29, 1.82) is 0 Å². The molecule has 0 aliphatic carbocycles. The van der Waals surface area contributed by atoms with Crippen molar-refractivity contribution in [3.05, 3.63) is 11.6 Å². The largest absolute Gasteiger partial charge is 0.459 e. The highest BCUT2D eigenvalue weighted by Crippen LogP contribution is 1.91. The van der Waals surface area contributed by atoms with Crippen molar-refractivity contribution in [2.75, 3.05) is 20.3 Å². The van der Waals surface area contributed by atoms with Crippen LogP contribution in [0.4, 0.5) is 0 Å². The predicted molar refractivity (Wildman–Crippen MR) is 50.0 cm³/mol. The molecule has 3 nitrogen and oxygen atoms in total. The SMILES string of the molecule is C/C=C(\C)COCC#CC(=O)OC. The van der Waals surface area contributed by atoms with Crippen LogP contribution in [-0.4, -0.2) is 26.3 Å². The smallest absolute Gasteiger partial charge is 0.384 e. The quantitative estimate of drug-likeness (QED) is 0.216. The molecule has 0 radical (unpaired) electrons. The van der Waals surface area contributed by atoms with Crippen LogP contribution in [0.5, 0.6) is 0 Å². The number of methoxy groups -OCH3 is 1. The van der Waals surface area contributed by atoms with Crippen LogP contribution in [0, 0.1) is 11.8 Å². The first kappa shape index (κ1) is 11.7. The Kier molecular flexibility index (Phi) is 6.66. The molecule has 0 heterocycles. The molecule has 0 aromatic rings. The zero-order valence-corrected chi connectivity index (χ0v) is 8.22. The number of esters is 1. The van der Waals surface area contributed by atoms with Gasteiger partial charge < -0.3 is 9.47 Å². The van der Waals surface area contributed by atoms with E-state index in [1.807, 2.05) is 19.9 Å². The minimum Gasteiger partial charge on any atom is -0.459 e. The van der Waals surface area contributed by atoms with Gasteiger partial charge in [-0.15, -0.1) is 0 Å². The molecule has 3 heteroatoms. The minimum absolute atomic E-state index is 0.250. The van der Waals surface area contributed by atoms with Crippen LogP contribution in [-0.2, 0) is 14.3 Å². The number of rotatable bonds is 3. The Bertz CT molecular complexity index is 243. The van der Waals surface area contributed by atoms with Gasteiger partial charge in [-0.1, -0.05) is 17.6 Å². The summed E-state index contributed by atoms with van der Waals surface area (Å²) < 4.78 is 9.45. The van der Waals surface area contributed by atoms with Crippen LogP contribution in [0.2, 0.25) is 0 Å². The summed E-state index contributed by atoms with van der Waals surface area (Å²) >= 11 is 0. The number of carbonyl (C=O) groups excluding carboxylic acids is 1. The first-order valence-electron chi connectivity index (χ1n) is 3.97. The maximum Gasteiger partial charge on any atom is 0.384 e. The molecule has 0 atom stereocenters. The summed E-state index contributed by atoms with van der Waals surface area (Å²) in [6, 6.07) is 0. The lowest BCUT2D eigenvalue weighted by Gasteiger charge is -1.97. The van der Waals surface area contributed by atoms with Crippen LogP contribution in [0.25, 0.3) is 0 Å². The molecule has 0 N–H and O–H groups in total. The summed E-state index contributed by atoms with van der Waals surface area (Å²) in [5.74, 6) is 4.27. The van der Waals surface area contributed by atoms with E-state index in [-0.39, 0.29) is 6.61 Å². The van der Waals surface area contributed by atoms with E-state index in [4.69, 9.17) is 4.74 Å². The van der Waals surface area contributed by atoms with Gasteiger partial charge in [-0.25, -0.2) is 4.79 Å². The van der Waals surface area contributed by atoms with Crippen LogP contribution in [0.1, 0.15) is 13.8 Å². The van der Waals surface area contributed by atoms with Crippen LogP contribution in [0.3, 0.4) is 0 Å². The molecule has 0 saturated carbocycles. The van der Waals surface area contributed by atoms with Gasteiger partial charge in [0.2, 0.25) is 0 Å². The molecule has 0 amide bonds. The minimum atomic E-state index is -0.536. The van der Waals surface area contributed by atoms with Crippen molar-refractivity contribution in [3.8, 4) is 11.8 Å². The lowest BCUT2D eigenvalue weighted by molar-refractivity contribution is -0.133. The van der Waals surface area contributed by atoms with Crippen molar-refractivity contribution in [1.82, 2.24) is 0 Å². The number of allylic oxidation sites excluding steroid dienone is 1. The molecule has 0 aromatic carbocycles. The molecule has 72 valence electrons. The zero-order chi connectivity index (χ0) is 10.1. The second kappa shape index (κ2) is 7.38. The molecule has 0 aromatic heterocycles. The fourth-order valence-electron chi connectivity index (χ4n) is 0.506. The third kappa shape index (κ3) is 7.10. The van der Waals surface area contributed by atoms with Crippen molar-refractivity contribution >= 4 is 5.97 Å². The highest BCUT2D eigenvalue weighted by molar-refractivity contribution is 5.88. The van der Waals surface area contributed by atoms with E-state index in [1.165, 1.54) is 7.11 Å². The second-order valence-corrected chi connectivity index (χ2v) is 2.42. The van der Waals surface area contributed by atoms with Gasteiger partial charge in [0.05, 0.1) is 13.7 Å². The molecule has 0 aliphatic rings. The van der Waals surface area contributed by atoms with Crippen LogP contribution >= 0.6 is 0 Å². The standard InChI is InChI=1S/C10H14O3/c1-4-9(2)8-13-7-5-6-10(11)12-3/h4H,7-8H2,1-3H3/b9-4+. The lowest BCUT2D eigenvalue weighted by Crippen LogP contribution is -1.98. The van der Waals surface area contributed by atoms with Gasteiger partial charge in [0.25, 0.3) is 0 Å². The van der Waals surface area contributed by atoms with Gasteiger partial charge in [-0.3, -0.25) is 0 Å². The fraction of sp³-hybridized carbons (Fsp3) is 0.500. The third-order valence-corrected chi connectivity index (χ3v) is 1.37. The second-order valence-electron chi connectivity index (χ2n) is 2.42. The maximum absolute atomic E-state index is 10.5. The average molecular weight is 182 g/mol. The zero-order valence-electron chi connectivity index (χ0n) is 8.22. The van der Waals surface area contributed by atoms with Crippen molar-refractivity contribution < 1.29 is 14.3 Å². The van der Waals surface area contributed by atoms with Gasteiger partial charge in [-0.05, 0) is 13.8 Å². The van der Waals surface area contributed by atoms with Gasteiger partial charge in [0.15, 0.2) is 0 Å². The van der Waals surface area contributed by atoms with E-state index in [0.717, 1.165) is 5.57 Å². The number of ether oxygens (including phenoxy) is 2. The molecule has 13 heavy (non-hydrogen) atoms. The highest BCUT2D eigenvalue weighted by atomic mass is 16.5. The number of hydrogen-bond acceptors (Lipinski definition) is 3. The van der Waals surface area contributed by atoms with Gasteiger partial charge in [0.1, 0.15) is 6.61 Å². The van der Waals surface area contributed by atoms with E-state index in [2.05, 4.69) is 16.6 Å². The maximum atomic E-state index is 10.5. The molecule has 0 spiro atoms. The summed E-state index contributed by atoms with van der Waals surface area (Å²) in [7, 11) is 1.29. The normalized spacial score (nSPS) is 10.2. The monoisotopic (exact) mass is 182 g/mol. The van der Waals surface area contributed by atoms with E-state index >= 15 is 0 Å². The Morgan fingerprint density at radius 2 is 2.23 bits per heavy atom. The van der Waals surface area contributed by atoms with Crippen molar-refractivity contribution in [2.45, 2.75) is 13.8 Å². The Morgan fingerprint density at radius 3 is 2.77 bits per heavy atom. The van der Waals surface area contributed by atoms with E-state index in [0.29, 0.717) is 6.61 Å². The number of carbonyl (C=O) groups is 1. The van der Waals surface area contributed by atoms with E-state index in [1.54, 1.807) is 0 Å². The Hall–Kier alpha value is -1.27. The fourth-order valence-corrected chi connectivity index (χ4v) is 0.506. The predicted octanol–water partition coefficient (Wildman–Crippen LogP) is 1.15. The summed E-state index contributed by atoms with van der Waals surface area (Å²) in [4.78, 5) is 10.5. The highest BCUT2D eigenvalue weighted by Gasteiger charge is 1.89. The summed E-state index contributed by atoms with van der Waals surface area (Å²) in [6.45, 7) is 4.71. The first-order valence-corrected chi connectivity index (χ1v) is 3.97. The third-order valence-electron chi connectivity index (χ3n) is 1.37. The molecule has 0 fully saturated rings. The van der Waals surface area contributed by atoms with E-state index in [9.17, 15) is 4.79 Å². The Labute approximate surface area is 78.7 Å². The Balaban J connectivity index is 3.54. The average Bonchev–Trinajstić information content (AvgIpc) is 2.16. The lowest BCUT2D eigenvalue weighted by atomic mass is 10.3. The van der Waals surface area contributed by atoms with E-state index < -0.39 is 5.97 Å². The molecular formula is C10H14O3. The van der Waals surface area contributed by atoms with Crippen molar-refractivity contribution in [3.63, 3.8) is 0 Å².